The molecular weight excluding hydrogens is 384 g/mol. The van der Waals surface area contributed by atoms with Crippen LogP contribution in [0.5, 0.6) is 0 Å². The Hall–Kier alpha value is -4.25. The Morgan fingerprint density at radius 3 is 2.53 bits per heavy atom. The average molecular weight is 402 g/mol. The molecule has 1 aromatic heterocycles. The summed E-state index contributed by atoms with van der Waals surface area (Å²) < 4.78 is 0.910. The summed E-state index contributed by atoms with van der Waals surface area (Å²) in [5, 5.41) is 20.3. The van der Waals surface area contributed by atoms with Gasteiger partial charge in [0.1, 0.15) is 18.2 Å². The van der Waals surface area contributed by atoms with Gasteiger partial charge in [0.05, 0.1) is 17.7 Å². The Bertz CT molecular complexity index is 1200. The summed E-state index contributed by atoms with van der Waals surface area (Å²) in [6, 6.07) is 19.3. The van der Waals surface area contributed by atoms with Gasteiger partial charge in [-0.15, -0.1) is 0 Å². The molecule has 1 heterocycles. The zero-order chi connectivity index (χ0) is 21.7. The minimum atomic E-state index is -0.750. The van der Waals surface area contributed by atoms with Gasteiger partial charge < -0.3 is 4.90 Å². The molecule has 0 spiro atoms. The summed E-state index contributed by atoms with van der Waals surface area (Å²) in [7, 11) is 0. The van der Waals surface area contributed by atoms with Crippen LogP contribution in [-0.4, -0.2) is 15.4 Å². The number of aromatic nitrogens is 1. The van der Waals surface area contributed by atoms with Crippen LogP contribution in [0.4, 0.5) is 11.4 Å². The summed E-state index contributed by atoms with van der Waals surface area (Å²) in [5.41, 5.74) is 0.920. The molecule has 0 radical (unpaired) electrons. The average Bonchev–Trinajstić information content (AvgIpc) is 2.74. The third kappa shape index (κ3) is 4.59. The number of anilines is 1. The van der Waals surface area contributed by atoms with Crippen molar-refractivity contribution < 1.29 is 9.72 Å². The van der Waals surface area contributed by atoms with Crippen LogP contribution in [0.3, 0.4) is 0 Å². The van der Waals surface area contributed by atoms with Crippen LogP contribution in [0.1, 0.15) is 16.7 Å². The highest BCUT2D eigenvalue weighted by atomic mass is 16.6. The van der Waals surface area contributed by atoms with Crippen molar-refractivity contribution in [3.8, 4) is 6.07 Å². The van der Waals surface area contributed by atoms with Crippen molar-refractivity contribution in [3.05, 3.63) is 104 Å². The molecule has 0 aliphatic rings. The van der Waals surface area contributed by atoms with E-state index in [1.807, 2.05) is 55.5 Å². The van der Waals surface area contributed by atoms with Crippen LogP contribution < -0.4 is 10.5 Å². The van der Waals surface area contributed by atoms with Crippen molar-refractivity contribution in [1.29, 1.82) is 5.26 Å². The Morgan fingerprint density at radius 1 is 1.17 bits per heavy atom. The van der Waals surface area contributed by atoms with Gasteiger partial charge in [-0.2, -0.15) is 5.26 Å². The number of nitrogens with zero attached hydrogens (tertiary/aromatic N) is 4. The highest BCUT2D eigenvalue weighted by Gasteiger charge is 2.20. The van der Waals surface area contributed by atoms with Gasteiger partial charge in [0.15, 0.2) is 0 Å². The van der Waals surface area contributed by atoms with Crippen LogP contribution in [0, 0.1) is 28.4 Å². The van der Waals surface area contributed by atoms with E-state index in [1.54, 1.807) is 12.1 Å². The SMILES string of the molecule is Cc1cccc(N(Cc2ccccc2)C(=O)Cn2cc([N+](=O)[O-])cc(C#N)c2=O)c1. The zero-order valence-corrected chi connectivity index (χ0v) is 16.2. The summed E-state index contributed by atoms with van der Waals surface area (Å²) in [6.45, 7) is 1.73. The number of carbonyl (C=O) groups excluding carboxylic acids is 1. The minimum Gasteiger partial charge on any atom is -0.306 e. The molecule has 8 heteroatoms. The fraction of sp³-hybridized carbons (Fsp3) is 0.136. The van der Waals surface area contributed by atoms with E-state index in [9.17, 15) is 19.7 Å². The van der Waals surface area contributed by atoms with Crippen LogP contribution in [-0.2, 0) is 17.9 Å². The van der Waals surface area contributed by atoms with Gasteiger partial charge in [-0.3, -0.25) is 24.3 Å². The Kier molecular flexibility index (Phi) is 6.03. The van der Waals surface area contributed by atoms with E-state index < -0.39 is 28.6 Å². The molecule has 0 aliphatic heterocycles. The summed E-state index contributed by atoms with van der Waals surface area (Å²) in [4.78, 5) is 37.6. The van der Waals surface area contributed by atoms with Crippen molar-refractivity contribution in [1.82, 2.24) is 4.57 Å². The van der Waals surface area contributed by atoms with Gasteiger partial charge in [0.25, 0.3) is 11.2 Å². The Labute approximate surface area is 172 Å². The molecule has 0 bridgehead atoms. The lowest BCUT2D eigenvalue weighted by Crippen LogP contribution is -2.36. The van der Waals surface area contributed by atoms with E-state index >= 15 is 0 Å². The largest absolute Gasteiger partial charge is 0.306 e. The van der Waals surface area contributed by atoms with Crippen LogP contribution in [0.2, 0.25) is 0 Å². The lowest BCUT2D eigenvalue weighted by atomic mass is 10.1. The number of nitro groups is 1. The maximum Gasteiger partial charge on any atom is 0.287 e. The van der Waals surface area contributed by atoms with Crippen molar-refractivity contribution >= 4 is 17.3 Å². The highest BCUT2D eigenvalue weighted by molar-refractivity contribution is 5.93. The molecule has 0 aliphatic carbocycles. The first-order valence-electron chi connectivity index (χ1n) is 9.09. The zero-order valence-electron chi connectivity index (χ0n) is 16.2. The molecule has 3 aromatic rings. The molecule has 0 atom stereocenters. The number of hydrogen-bond donors (Lipinski definition) is 0. The predicted molar refractivity (Wildman–Crippen MR) is 111 cm³/mol. The number of pyridine rings is 1. The molecule has 1 amide bonds. The number of nitriles is 1. The third-order valence-electron chi connectivity index (χ3n) is 4.51. The predicted octanol–water partition coefficient (Wildman–Crippen LogP) is 3.17. The smallest absolute Gasteiger partial charge is 0.287 e. The second kappa shape index (κ2) is 8.84. The standard InChI is InChI=1S/C22H18N4O4/c1-16-6-5-9-19(10-16)25(13-17-7-3-2-4-8-17)21(27)15-24-14-20(26(29)30)11-18(12-23)22(24)28/h2-11,14H,13,15H2,1H3. The lowest BCUT2D eigenvalue weighted by molar-refractivity contribution is -0.385. The van der Waals surface area contributed by atoms with Crippen LogP contribution in [0.15, 0.2) is 71.7 Å². The first-order valence-corrected chi connectivity index (χ1v) is 9.09. The molecule has 0 saturated carbocycles. The summed E-state index contributed by atoms with van der Waals surface area (Å²) in [6.07, 6.45) is 0.984. The van der Waals surface area contributed by atoms with E-state index in [2.05, 4.69) is 0 Å². The molecule has 3 rings (SSSR count). The van der Waals surface area contributed by atoms with Gasteiger partial charge in [-0.25, -0.2) is 0 Å². The maximum absolute atomic E-state index is 13.2. The van der Waals surface area contributed by atoms with Gasteiger partial charge >= 0.3 is 0 Å². The number of amides is 1. The number of benzene rings is 2. The van der Waals surface area contributed by atoms with E-state index in [-0.39, 0.29) is 12.1 Å². The monoisotopic (exact) mass is 402 g/mol. The third-order valence-corrected chi connectivity index (χ3v) is 4.51. The molecule has 8 nitrogen and oxygen atoms in total. The molecule has 0 saturated heterocycles. The molecule has 0 N–H and O–H groups in total. The summed E-state index contributed by atoms with van der Waals surface area (Å²) >= 11 is 0. The first kappa shape index (κ1) is 20.5. The molecule has 2 aromatic carbocycles. The quantitative estimate of drug-likeness (QED) is 0.465. The fourth-order valence-corrected chi connectivity index (χ4v) is 3.03. The van der Waals surface area contributed by atoms with Gasteiger partial charge in [0, 0.05) is 11.8 Å². The molecule has 30 heavy (non-hydrogen) atoms. The maximum atomic E-state index is 13.2. The van der Waals surface area contributed by atoms with Crippen LogP contribution >= 0.6 is 0 Å². The van der Waals surface area contributed by atoms with Crippen molar-refractivity contribution in [2.24, 2.45) is 0 Å². The lowest BCUT2D eigenvalue weighted by Gasteiger charge is -2.24. The molecular formula is C22H18N4O4. The van der Waals surface area contributed by atoms with Gasteiger partial charge in [-0.05, 0) is 30.2 Å². The fourth-order valence-electron chi connectivity index (χ4n) is 3.03. The van der Waals surface area contributed by atoms with Crippen molar-refractivity contribution in [3.63, 3.8) is 0 Å². The van der Waals surface area contributed by atoms with Crippen LogP contribution in [0.25, 0.3) is 0 Å². The molecule has 0 fully saturated rings. The van der Waals surface area contributed by atoms with E-state index in [0.717, 1.165) is 28.0 Å². The number of rotatable bonds is 6. The van der Waals surface area contributed by atoms with Gasteiger partial charge in [-0.1, -0.05) is 42.5 Å². The summed E-state index contributed by atoms with van der Waals surface area (Å²) in [5.74, 6) is -0.434. The minimum absolute atomic E-state index is 0.262. The van der Waals surface area contributed by atoms with Gasteiger partial charge in [0.2, 0.25) is 5.91 Å². The van der Waals surface area contributed by atoms with Crippen molar-refractivity contribution in [2.75, 3.05) is 4.90 Å². The van der Waals surface area contributed by atoms with Crippen molar-refractivity contribution in [2.45, 2.75) is 20.0 Å². The second-order valence-corrected chi connectivity index (χ2v) is 6.72. The van der Waals surface area contributed by atoms with E-state index in [4.69, 9.17) is 5.26 Å². The highest BCUT2D eigenvalue weighted by Crippen LogP contribution is 2.20. The number of carbonyl (C=O) groups is 1. The molecule has 0 unspecified atom stereocenters. The number of hydrogen-bond acceptors (Lipinski definition) is 5. The molecule has 150 valence electrons. The van der Waals surface area contributed by atoms with E-state index in [1.165, 1.54) is 4.90 Å². The topological polar surface area (TPSA) is 109 Å². The second-order valence-electron chi connectivity index (χ2n) is 6.72. The first-order chi connectivity index (χ1) is 14.4. The normalized spacial score (nSPS) is 10.3. The Balaban J connectivity index is 2.00. The Morgan fingerprint density at radius 2 is 1.90 bits per heavy atom. The van der Waals surface area contributed by atoms with E-state index in [0.29, 0.717) is 5.69 Å². The number of aryl methyl sites for hydroxylation is 1.